The number of carbonyl (C=O) groups is 1. The molecule has 2 aromatic rings. The number of carboxylic acids is 1. The smallest absolute Gasteiger partial charge is 0.354 e. The zero-order valence-electron chi connectivity index (χ0n) is 9.01. The van der Waals surface area contributed by atoms with Gasteiger partial charge in [-0.25, -0.2) is 4.79 Å². The van der Waals surface area contributed by atoms with Crippen LogP contribution in [0.1, 0.15) is 16.1 Å². The van der Waals surface area contributed by atoms with Crippen molar-refractivity contribution in [2.24, 2.45) is 7.05 Å². The van der Waals surface area contributed by atoms with Gasteiger partial charge in [-0.05, 0) is 24.6 Å². The molecule has 82 valence electrons. The molecular formula is C11H11N3O2. The molecule has 5 nitrogen and oxygen atoms in total. The van der Waals surface area contributed by atoms with Crippen LogP contribution in [0.4, 0.5) is 0 Å². The summed E-state index contributed by atoms with van der Waals surface area (Å²) in [7, 11) is 1.60. The molecule has 0 saturated carbocycles. The zero-order valence-corrected chi connectivity index (χ0v) is 9.01. The zero-order chi connectivity index (χ0) is 11.7. The Morgan fingerprint density at radius 1 is 1.50 bits per heavy atom. The molecule has 0 spiro atoms. The molecule has 0 atom stereocenters. The van der Waals surface area contributed by atoms with Crippen LogP contribution < -0.4 is 0 Å². The van der Waals surface area contributed by atoms with Crippen molar-refractivity contribution in [3.8, 4) is 11.3 Å². The highest BCUT2D eigenvalue weighted by atomic mass is 16.4. The minimum atomic E-state index is -1.00. The van der Waals surface area contributed by atoms with Gasteiger partial charge in [0, 0.05) is 13.2 Å². The molecule has 16 heavy (non-hydrogen) atoms. The summed E-state index contributed by atoms with van der Waals surface area (Å²) in [6.07, 6.45) is 3.18. The second-order valence-corrected chi connectivity index (χ2v) is 3.55. The lowest BCUT2D eigenvalue weighted by Gasteiger charge is -2.01. The van der Waals surface area contributed by atoms with Gasteiger partial charge in [0.25, 0.3) is 0 Å². The van der Waals surface area contributed by atoms with E-state index in [2.05, 4.69) is 10.1 Å². The standard InChI is InChI=1S/C11H11N3O2/c1-7-3-4-12-9(5-7)8-6-13-14(2)10(8)11(15)16/h3-6H,1-2H3,(H,15,16). The van der Waals surface area contributed by atoms with E-state index >= 15 is 0 Å². The summed E-state index contributed by atoms with van der Waals surface area (Å²) in [5.41, 5.74) is 2.35. The molecule has 0 amide bonds. The normalized spacial score (nSPS) is 10.4. The van der Waals surface area contributed by atoms with Crippen LogP contribution in [0.3, 0.4) is 0 Å². The Kier molecular flexibility index (Phi) is 2.44. The van der Waals surface area contributed by atoms with Gasteiger partial charge in [0.15, 0.2) is 5.69 Å². The quantitative estimate of drug-likeness (QED) is 0.827. The van der Waals surface area contributed by atoms with E-state index in [-0.39, 0.29) is 5.69 Å². The van der Waals surface area contributed by atoms with Crippen molar-refractivity contribution in [1.29, 1.82) is 0 Å². The first-order valence-electron chi connectivity index (χ1n) is 4.78. The highest BCUT2D eigenvalue weighted by Crippen LogP contribution is 2.21. The van der Waals surface area contributed by atoms with Gasteiger partial charge < -0.3 is 5.11 Å². The Bertz CT molecular complexity index is 546. The topological polar surface area (TPSA) is 68.0 Å². The van der Waals surface area contributed by atoms with Gasteiger partial charge in [0.05, 0.1) is 17.5 Å². The van der Waals surface area contributed by atoms with E-state index in [4.69, 9.17) is 5.11 Å². The minimum absolute atomic E-state index is 0.151. The summed E-state index contributed by atoms with van der Waals surface area (Å²) >= 11 is 0. The van der Waals surface area contributed by atoms with Crippen molar-refractivity contribution in [2.45, 2.75) is 6.92 Å². The molecule has 5 heteroatoms. The molecule has 0 fully saturated rings. The highest BCUT2D eigenvalue weighted by molar-refractivity contribution is 5.93. The van der Waals surface area contributed by atoms with Gasteiger partial charge in [-0.1, -0.05) is 0 Å². The summed E-state index contributed by atoms with van der Waals surface area (Å²) in [6.45, 7) is 1.93. The van der Waals surface area contributed by atoms with Crippen molar-refractivity contribution in [1.82, 2.24) is 14.8 Å². The first-order valence-corrected chi connectivity index (χ1v) is 4.78. The van der Waals surface area contributed by atoms with Crippen LogP contribution in [0.2, 0.25) is 0 Å². The predicted molar refractivity (Wildman–Crippen MR) is 58.1 cm³/mol. The number of carboxylic acid groups (broad SMARTS) is 1. The first kappa shape index (κ1) is 10.4. The summed E-state index contributed by atoms with van der Waals surface area (Å²) in [4.78, 5) is 15.2. The van der Waals surface area contributed by atoms with Gasteiger partial charge in [0.2, 0.25) is 0 Å². The number of hydrogen-bond donors (Lipinski definition) is 1. The maximum absolute atomic E-state index is 11.1. The Balaban J connectivity index is 2.60. The second-order valence-electron chi connectivity index (χ2n) is 3.55. The summed E-state index contributed by atoms with van der Waals surface area (Å²) < 4.78 is 1.34. The van der Waals surface area contributed by atoms with Crippen molar-refractivity contribution < 1.29 is 9.90 Å². The third-order valence-corrected chi connectivity index (χ3v) is 2.33. The molecule has 0 aromatic carbocycles. The highest BCUT2D eigenvalue weighted by Gasteiger charge is 2.17. The minimum Gasteiger partial charge on any atom is -0.477 e. The van der Waals surface area contributed by atoms with Gasteiger partial charge in [-0.3, -0.25) is 9.67 Å². The summed E-state index contributed by atoms with van der Waals surface area (Å²) in [6, 6.07) is 3.70. The predicted octanol–water partition coefficient (Wildman–Crippen LogP) is 1.49. The Morgan fingerprint density at radius 3 is 2.88 bits per heavy atom. The molecule has 0 aliphatic rings. The van der Waals surface area contributed by atoms with Crippen LogP contribution >= 0.6 is 0 Å². The van der Waals surface area contributed by atoms with Crippen LogP contribution in [0, 0.1) is 6.92 Å². The number of aryl methyl sites for hydroxylation is 2. The number of rotatable bonds is 2. The molecule has 0 bridgehead atoms. The van der Waals surface area contributed by atoms with Gasteiger partial charge in [0.1, 0.15) is 0 Å². The van der Waals surface area contributed by atoms with E-state index in [1.54, 1.807) is 13.2 Å². The SMILES string of the molecule is Cc1ccnc(-c2cnn(C)c2C(=O)O)c1. The average Bonchev–Trinajstić information content (AvgIpc) is 2.60. The maximum atomic E-state index is 11.1. The third-order valence-electron chi connectivity index (χ3n) is 2.33. The van der Waals surface area contributed by atoms with Gasteiger partial charge >= 0.3 is 5.97 Å². The van der Waals surface area contributed by atoms with E-state index < -0.39 is 5.97 Å². The van der Waals surface area contributed by atoms with Crippen molar-refractivity contribution >= 4 is 5.97 Å². The van der Waals surface area contributed by atoms with Gasteiger partial charge in [-0.15, -0.1) is 0 Å². The molecule has 0 saturated heterocycles. The number of pyridine rings is 1. The van der Waals surface area contributed by atoms with Crippen LogP contribution in [-0.2, 0) is 7.05 Å². The molecular weight excluding hydrogens is 206 g/mol. The summed E-state index contributed by atoms with van der Waals surface area (Å²) in [5.74, 6) is -1.00. The molecule has 2 rings (SSSR count). The Labute approximate surface area is 92.4 Å². The van der Waals surface area contributed by atoms with E-state index in [1.807, 2.05) is 19.1 Å². The van der Waals surface area contributed by atoms with Crippen LogP contribution in [0.25, 0.3) is 11.3 Å². The van der Waals surface area contributed by atoms with E-state index in [1.165, 1.54) is 10.9 Å². The van der Waals surface area contributed by atoms with E-state index in [9.17, 15) is 4.79 Å². The number of aromatic nitrogens is 3. The summed E-state index contributed by atoms with van der Waals surface area (Å²) in [5, 5.41) is 13.0. The lowest BCUT2D eigenvalue weighted by molar-refractivity contribution is 0.0686. The molecule has 0 radical (unpaired) electrons. The molecule has 0 aliphatic heterocycles. The van der Waals surface area contributed by atoms with Crippen LogP contribution in [0.15, 0.2) is 24.5 Å². The fraction of sp³-hybridized carbons (Fsp3) is 0.182. The largest absolute Gasteiger partial charge is 0.477 e. The third kappa shape index (κ3) is 1.67. The maximum Gasteiger partial charge on any atom is 0.354 e. The van der Waals surface area contributed by atoms with E-state index in [0.29, 0.717) is 11.3 Å². The Hall–Kier alpha value is -2.17. The monoisotopic (exact) mass is 217 g/mol. The van der Waals surface area contributed by atoms with Crippen LogP contribution in [0.5, 0.6) is 0 Å². The molecule has 1 N–H and O–H groups in total. The number of nitrogens with zero attached hydrogens (tertiary/aromatic N) is 3. The van der Waals surface area contributed by atoms with Crippen molar-refractivity contribution in [3.05, 3.63) is 35.8 Å². The van der Waals surface area contributed by atoms with Gasteiger partial charge in [-0.2, -0.15) is 5.10 Å². The molecule has 0 unspecified atom stereocenters. The molecule has 2 aromatic heterocycles. The van der Waals surface area contributed by atoms with Crippen molar-refractivity contribution in [3.63, 3.8) is 0 Å². The second kappa shape index (κ2) is 3.77. The van der Waals surface area contributed by atoms with Crippen LogP contribution in [-0.4, -0.2) is 25.8 Å². The fourth-order valence-corrected chi connectivity index (χ4v) is 1.56. The first-order chi connectivity index (χ1) is 7.59. The fourth-order valence-electron chi connectivity index (χ4n) is 1.56. The lowest BCUT2D eigenvalue weighted by atomic mass is 10.1. The Morgan fingerprint density at radius 2 is 2.25 bits per heavy atom. The molecule has 0 aliphatic carbocycles. The van der Waals surface area contributed by atoms with Crippen molar-refractivity contribution in [2.75, 3.05) is 0 Å². The lowest BCUT2D eigenvalue weighted by Crippen LogP contribution is -2.07. The molecule has 2 heterocycles. The average molecular weight is 217 g/mol. The number of hydrogen-bond acceptors (Lipinski definition) is 3. The van der Waals surface area contributed by atoms with E-state index in [0.717, 1.165) is 5.56 Å². The number of aromatic carboxylic acids is 1.